The Morgan fingerprint density at radius 1 is 1.12 bits per heavy atom. The minimum Gasteiger partial charge on any atom is -0.436 e. The molecule has 0 fully saturated rings. The van der Waals surface area contributed by atoms with Crippen LogP contribution in [0.25, 0.3) is 22.6 Å². The molecule has 1 atom stereocenters. The number of carbonyl (C=O) groups excluding carboxylic acids is 1. The van der Waals surface area contributed by atoms with Crippen molar-refractivity contribution in [1.29, 1.82) is 0 Å². The number of nitrogens with zero attached hydrogens (tertiary/aromatic N) is 1. The highest BCUT2D eigenvalue weighted by molar-refractivity contribution is 14.1. The molecule has 0 saturated heterocycles. The number of hydrogen-bond donors (Lipinski definition) is 2. The summed E-state index contributed by atoms with van der Waals surface area (Å²) in [6, 6.07) is 19.5. The summed E-state index contributed by atoms with van der Waals surface area (Å²) in [5.41, 5.74) is 4.99. The Morgan fingerprint density at radius 3 is 2.73 bits per heavy atom. The lowest BCUT2D eigenvalue weighted by atomic mass is 9.98. The van der Waals surface area contributed by atoms with Crippen molar-refractivity contribution in [2.45, 2.75) is 26.2 Å². The Hall–Kier alpha value is -2.05. The first-order valence-electron chi connectivity index (χ1n) is 10.4. The molecule has 3 aromatic carbocycles. The zero-order valence-electron chi connectivity index (χ0n) is 18.0. The standard InChI is InChI=1S/C25H21I2N3O2S/c1-3-14(2)15-7-10-22-21(12-15)29-24(32-22)16-5-4-6-18(11-16)28-25(33)30-23(31)19-13-17(26)8-9-20(19)27/h4-14H,3H2,1-2H3,(H2,28,30,31,33). The van der Waals surface area contributed by atoms with Crippen molar-refractivity contribution < 1.29 is 9.21 Å². The van der Waals surface area contributed by atoms with E-state index in [-0.39, 0.29) is 11.0 Å². The molecule has 1 heterocycles. The average molecular weight is 681 g/mol. The molecular formula is C25H21I2N3O2S. The maximum Gasteiger partial charge on any atom is 0.258 e. The number of hydrogen-bond acceptors (Lipinski definition) is 4. The van der Waals surface area contributed by atoms with E-state index in [9.17, 15) is 4.79 Å². The van der Waals surface area contributed by atoms with E-state index in [0.29, 0.717) is 17.4 Å². The fraction of sp³-hybridized carbons (Fsp3) is 0.160. The first-order valence-corrected chi connectivity index (χ1v) is 13.0. The fourth-order valence-corrected chi connectivity index (χ4v) is 4.63. The molecule has 0 aliphatic heterocycles. The van der Waals surface area contributed by atoms with Gasteiger partial charge in [-0.2, -0.15) is 0 Å². The van der Waals surface area contributed by atoms with E-state index in [1.165, 1.54) is 5.56 Å². The third kappa shape index (κ3) is 5.72. The van der Waals surface area contributed by atoms with Crippen molar-refractivity contribution in [3.8, 4) is 11.5 Å². The van der Waals surface area contributed by atoms with Crippen LogP contribution in [0.4, 0.5) is 5.69 Å². The van der Waals surface area contributed by atoms with Gasteiger partial charge < -0.3 is 9.73 Å². The summed E-state index contributed by atoms with van der Waals surface area (Å²) >= 11 is 9.69. The van der Waals surface area contributed by atoms with Crippen LogP contribution in [0.2, 0.25) is 0 Å². The molecule has 1 unspecified atom stereocenters. The van der Waals surface area contributed by atoms with E-state index in [2.05, 4.69) is 86.8 Å². The van der Waals surface area contributed by atoms with Gasteiger partial charge in [-0.15, -0.1) is 0 Å². The van der Waals surface area contributed by atoms with Crippen molar-refractivity contribution in [2.75, 3.05) is 5.32 Å². The summed E-state index contributed by atoms with van der Waals surface area (Å²) in [5, 5.41) is 6.05. The minimum atomic E-state index is -0.248. The van der Waals surface area contributed by atoms with E-state index in [0.717, 1.165) is 35.9 Å². The molecule has 0 saturated carbocycles. The number of aromatic nitrogens is 1. The van der Waals surface area contributed by atoms with Gasteiger partial charge in [0.05, 0.1) is 5.56 Å². The van der Waals surface area contributed by atoms with E-state index in [1.807, 2.05) is 48.5 Å². The maximum atomic E-state index is 12.6. The molecule has 2 N–H and O–H groups in total. The van der Waals surface area contributed by atoms with Crippen LogP contribution in [0, 0.1) is 7.14 Å². The quantitative estimate of drug-likeness (QED) is 0.171. The van der Waals surface area contributed by atoms with Gasteiger partial charge >= 0.3 is 0 Å². The SMILES string of the molecule is CCC(C)c1ccc2oc(-c3cccc(NC(=S)NC(=O)c4cc(I)ccc4I)c3)nc2c1. The van der Waals surface area contributed by atoms with Crippen molar-refractivity contribution in [1.82, 2.24) is 10.3 Å². The largest absolute Gasteiger partial charge is 0.436 e. The van der Waals surface area contributed by atoms with Gasteiger partial charge in [-0.3, -0.25) is 10.1 Å². The second-order valence-electron chi connectivity index (χ2n) is 7.67. The van der Waals surface area contributed by atoms with E-state index >= 15 is 0 Å². The molecule has 8 heteroatoms. The van der Waals surface area contributed by atoms with Gasteiger partial charge in [-0.1, -0.05) is 26.0 Å². The lowest BCUT2D eigenvalue weighted by molar-refractivity contribution is 0.0977. The molecule has 5 nitrogen and oxygen atoms in total. The predicted octanol–water partition coefficient (Wildman–Crippen LogP) is 7.34. The Balaban J connectivity index is 1.50. The van der Waals surface area contributed by atoms with Crippen LogP contribution in [0.5, 0.6) is 0 Å². The fourth-order valence-electron chi connectivity index (χ4n) is 3.34. The molecule has 0 aliphatic rings. The Labute approximate surface area is 225 Å². The lowest BCUT2D eigenvalue weighted by Gasteiger charge is -2.11. The summed E-state index contributed by atoms with van der Waals surface area (Å²) in [6.45, 7) is 4.38. The number of anilines is 1. The number of fused-ring (bicyclic) bond motifs is 1. The van der Waals surface area contributed by atoms with Gasteiger partial charge in [-0.25, -0.2) is 4.98 Å². The number of oxazole rings is 1. The van der Waals surface area contributed by atoms with Crippen molar-refractivity contribution >= 4 is 85.2 Å². The predicted molar refractivity (Wildman–Crippen MR) is 154 cm³/mol. The highest BCUT2D eigenvalue weighted by Crippen LogP contribution is 2.29. The van der Waals surface area contributed by atoms with E-state index in [1.54, 1.807) is 0 Å². The molecular weight excluding hydrogens is 660 g/mol. The highest BCUT2D eigenvalue weighted by Gasteiger charge is 2.14. The Bertz CT molecular complexity index is 1350. The van der Waals surface area contributed by atoms with Crippen LogP contribution in [0.15, 0.2) is 65.1 Å². The van der Waals surface area contributed by atoms with E-state index < -0.39 is 0 Å². The third-order valence-electron chi connectivity index (χ3n) is 5.36. The number of nitrogens with one attached hydrogen (secondary N) is 2. The Morgan fingerprint density at radius 2 is 1.94 bits per heavy atom. The topological polar surface area (TPSA) is 67.2 Å². The zero-order chi connectivity index (χ0) is 23.5. The minimum absolute atomic E-state index is 0.225. The van der Waals surface area contributed by atoms with Crippen LogP contribution >= 0.6 is 57.4 Å². The number of carbonyl (C=O) groups is 1. The number of rotatable bonds is 5. The van der Waals surface area contributed by atoms with Crippen LogP contribution in [0.1, 0.15) is 42.1 Å². The second kappa shape index (κ2) is 10.5. The molecule has 0 bridgehead atoms. The molecule has 168 valence electrons. The second-order valence-corrected chi connectivity index (χ2v) is 10.5. The van der Waals surface area contributed by atoms with E-state index in [4.69, 9.17) is 16.6 Å². The normalized spacial score (nSPS) is 11.9. The summed E-state index contributed by atoms with van der Waals surface area (Å²) in [7, 11) is 0. The van der Waals surface area contributed by atoms with Crippen LogP contribution in [-0.2, 0) is 0 Å². The lowest BCUT2D eigenvalue weighted by Crippen LogP contribution is -2.34. The molecule has 1 amide bonds. The Kier molecular flexibility index (Phi) is 7.65. The van der Waals surface area contributed by atoms with Gasteiger partial charge in [0.15, 0.2) is 10.7 Å². The molecule has 0 spiro atoms. The summed E-state index contributed by atoms with van der Waals surface area (Å²) in [4.78, 5) is 17.3. The molecule has 33 heavy (non-hydrogen) atoms. The average Bonchev–Trinajstić information content (AvgIpc) is 3.23. The van der Waals surface area contributed by atoms with Crippen LogP contribution < -0.4 is 10.6 Å². The molecule has 1 aromatic heterocycles. The van der Waals surface area contributed by atoms with Gasteiger partial charge in [-0.05, 0) is 124 Å². The first kappa shape index (κ1) is 24.1. The van der Waals surface area contributed by atoms with Crippen molar-refractivity contribution in [2.24, 2.45) is 0 Å². The zero-order valence-corrected chi connectivity index (χ0v) is 23.1. The summed E-state index contributed by atoms with van der Waals surface area (Å²) in [6.07, 6.45) is 1.07. The first-order chi connectivity index (χ1) is 15.8. The maximum absolute atomic E-state index is 12.6. The van der Waals surface area contributed by atoms with Gasteiger partial charge in [0.2, 0.25) is 5.89 Å². The number of benzene rings is 3. The van der Waals surface area contributed by atoms with Crippen molar-refractivity contribution in [3.05, 3.63) is 78.9 Å². The van der Waals surface area contributed by atoms with Gasteiger partial charge in [0, 0.05) is 18.4 Å². The smallest absolute Gasteiger partial charge is 0.258 e. The van der Waals surface area contributed by atoms with Crippen LogP contribution in [0.3, 0.4) is 0 Å². The number of amides is 1. The molecule has 0 radical (unpaired) electrons. The molecule has 4 rings (SSSR count). The highest BCUT2D eigenvalue weighted by atomic mass is 127. The van der Waals surface area contributed by atoms with Crippen LogP contribution in [-0.4, -0.2) is 16.0 Å². The van der Waals surface area contributed by atoms with Gasteiger partial charge in [0.25, 0.3) is 5.91 Å². The number of thiocarbonyl (C=S) groups is 1. The molecule has 4 aromatic rings. The number of halogens is 2. The summed E-state index contributed by atoms with van der Waals surface area (Å²) < 4.78 is 7.84. The third-order valence-corrected chi connectivity index (χ3v) is 7.18. The summed E-state index contributed by atoms with van der Waals surface area (Å²) in [5.74, 6) is 0.766. The monoisotopic (exact) mass is 681 g/mol. The van der Waals surface area contributed by atoms with Crippen molar-refractivity contribution in [3.63, 3.8) is 0 Å². The molecule has 0 aliphatic carbocycles. The van der Waals surface area contributed by atoms with Gasteiger partial charge in [0.1, 0.15) is 5.52 Å².